The van der Waals surface area contributed by atoms with Crippen molar-refractivity contribution in [3.05, 3.63) is 55.1 Å². The molecule has 2 aromatic heterocycles. The largest absolute Gasteiger partial charge is 0.384 e. The number of anilines is 3. The molecule has 3 heterocycles. The van der Waals surface area contributed by atoms with Gasteiger partial charge in [0, 0.05) is 30.7 Å². The van der Waals surface area contributed by atoms with E-state index in [9.17, 15) is 0 Å². The average Bonchev–Trinajstić information content (AvgIpc) is 3.00. The van der Waals surface area contributed by atoms with E-state index in [2.05, 4.69) is 31.0 Å². The SMILES string of the molecule is CN(c1ccc2nc[nH]c2c1)c1nccc(N)n1.c1cc2cc-2n1. The van der Waals surface area contributed by atoms with E-state index >= 15 is 0 Å². The zero-order chi connectivity index (χ0) is 16.5. The third-order valence-electron chi connectivity index (χ3n) is 3.73. The van der Waals surface area contributed by atoms with Crippen LogP contribution in [-0.4, -0.2) is 32.0 Å². The van der Waals surface area contributed by atoms with Gasteiger partial charge in [-0.1, -0.05) is 0 Å². The zero-order valence-electron chi connectivity index (χ0n) is 13.0. The van der Waals surface area contributed by atoms with Gasteiger partial charge in [0.05, 0.1) is 23.1 Å². The number of nitrogens with one attached hydrogen (secondary N) is 1. The van der Waals surface area contributed by atoms with E-state index in [4.69, 9.17) is 5.73 Å². The van der Waals surface area contributed by atoms with Crippen LogP contribution >= 0.6 is 0 Å². The molecule has 1 aliphatic carbocycles. The van der Waals surface area contributed by atoms with Crippen molar-refractivity contribution in [1.82, 2.24) is 24.9 Å². The van der Waals surface area contributed by atoms with Crippen molar-refractivity contribution in [3.63, 3.8) is 0 Å². The minimum atomic E-state index is 0.453. The lowest BCUT2D eigenvalue weighted by Crippen LogP contribution is -2.13. The number of hydrogen-bond donors (Lipinski definition) is 2. The Bertz CT molecular complexity index is 991. The van der Waals surface area contributed by atoms with Crippen molar-refractivity contribution in [2.75, 3.05) is 17.7 Å². The maximum atomic E-state index is 5.65. The molecule has 3 N–H and O–H groups in total. The maximum Gasteiger partial charge on any atom is 0.231 e. The number of nitrogen functional groups attached to an aromatic ring is 1. The summed E-state index contributed by atoms with van der Waals surface area (Å²) in [5.74, 6) is 1.02. The van der Waals surface area contributed by atoms with Crippen molar-refractivity contribution >= 4 is 28.5 Å². The molecule has 0 saturated heterocycles. The molecule has 5 rings (SSSR count). The van der Waals surface area contributed by atoms with Gasteiger partial charge in [0.25, 0.3) is 0 Å². The van der Waals surface area contributed by atoms with E-state index in [1.54, 1.807) is 18.6 Å². The highest BCUT2D eigenvalue weighted by Gasteiger charge is 2.10. The average molecular weight is 317 g/mol. The second-order valence-electron chi connectivity index (χ2n) is 5.37. The maximum absolute atomic E-state index is 5.65. The lowest BCUT2D eigenvalue weighted by molar-refractivity contribution is 1.05. The minimum absolute atomic E-state index is 0.453. The summed E-state index contributed by atoms with van der Waals surface area (Å²) in [4.78, 5) is 21.5. The summed E-state index contributed by atoms with van der Waals surface area (Å²) in [5, 5.41) is 0. The lowest BCUT2D eigenvalue weighted by Gasteiger charge is -2.17. The Balaban J connectivity index is 0.000000201. The van der Waals surface area contributed by atoms with Crippen LogP contribution < -0.4 is 10.6 Å². The first-order chi connectivity index (χ1) is 11.7. The number of imidazole rings is 1. The summed E-state index contributed by atoms with van der Waals surface area (Å²) in [6, 6.07) is 11.6. The van der Waals surface area contributed by atoms with E-state index < -0.39 is 0 Å². The second-order valence-corrected chi connectivity index (χ2v) is 5.37. The monoisotopic (exact) mass is 317 g/mol. The highest BCUT2D eigenvalue weighted by atomic mass is 15.2. The van der Waals surface area contributed by atoms with Crippen LogP contribution in [0.4, 0.5) is 17.5 Å². The number of pyridine rings is 1. The smallest absolute Gasteiger partial charge is 0.231 e. The Labute approximate surface area is 138 Å². The number of aromatic nitrogens is 5. The van der Waals surface area contributed by atoms with Crippen LogP contribution in [0.3, 0.4) is 0 Å². The van der Waals surface area contributed by atoms with E-state index in [0.29, 0.717) is 11.8 Å². The molecule has 0 radical (unpaired) electrons. The molecule has 0 saturated carbocycles. The van der Waals surface area contributed by atoms with E-state index in [0.717, 1.165) is 16.7 Å². The molecule has 0 spiro atoms. The molecular formula is C17H15N7. The zero-order valence-corrected chi connectivity index (χ0v) is 13.0. The topological polar surface area (TPSA) is 96.6 Å². The number of aromatic amines is 1. The highest BCUT2D eigenvalue weighted by molar-refractivity contribution is 5.80. The number of H-pyrrole nitrogens is 1. The number of hydrogen-bond acceptors (Lipinski definition) is 6. The van der Waals surface area contributed by atoms with Gasteiger partial charge in [0.15, 0.2) is 0 Å². The summed E-state index contributed by atoms with van der Waals surface area (Å²) in [6.07, 6.45) is 5.14. The number of nitrogens with zero attached hydrogens (tertiary/aromatic N) is 5. The van der Waals surface area contributed by atoms with Crippen LogP contribution in [0, 0.1) is 0 Å². The van der Waals surface area contributed by atoms with Crippen LogP contribution in [0.2, 0.25) is 0 Å². The van der Waals surface area contributed by atoms with Gasteiger partial charge in [-0.3, -0.25) is 4.98 Å². The summed E-state index contributed by atoms with van der Waals surface area (Å²) >= 11 is 0. The molecule has 24 heavy (non-hydrogen) atoms. The summed E-state index contributed by atoms with van der Waals surface area (Å²) in [7, 11) is 1.90. The molecule has 7 heteroatoms. The van der Waals surface area contributed by atoms with Crippen molar-refractivity contribution in [1.29, 1.82) is 0 Å². The van der Waals surface area contributed by atoms with Crippen molar-refractivity contribution in [3.8, 4) is 11.3 Å². The fraction of sp³-hybridized carbons (Fsp3) is 0.0588. The van der Waals surface area contributed by atoms with E-state index in [-0.39, 0.29) is 0 Å². The standard InChI is InChI=1S/C12H12N6.C5H3N/c1-18(12-14-5-4-11(13)17-12)8-2-3-9-10(6-8)16-7-15-9;1-2-6-5-3-4(1)5/h2-7H,1H3,(H,15,16)(H2,13,14,17);1-3H. The van der Waals surface area contributed by atoms with Crippen LogP contribution in [0.25, 0.3) is 22.3 Å². The van der Waals surface area contributed by atoms with Crippen molar-refractivity contribution in [2.45, 2.75) is 0 Å². The quantitative estimate of drug-likeness (QED) is 0.519. The fourth-order valence-corrected chi connectivity index (χ4v) is 2.33. The highest BCUT2D eigenvalue weighted by Crippen LogP contribution is 2.29. The van der Waals surface area contributed by atoms with Crippen LogP contribution in [-0.2, 0) is 0 Å². The number of rotatable bonds is 2. The molecule has 0 atom stereocenters. The summed E-state index contributed by atoms with van der Waals surface area (Å²) < 4.78 is 0. The van der Waals surface area contributed by atoms with Gasteiger partial charge in [-0.15, -0.1) is 0 Å². The Hall–Kier alpha value is -3.48. The first-order valence-electron chi connectivity index (χ1n) is 7.42. The van der Waals surface area contributed by atoms with Crippen LogP contribution in [0.15, 0.2) is 55.1 Å². The molecule has 0 fully saturated rings. The normalized spacial score (nSPS) is 10.9. The first-order valence-corrected chi connectivity index (χ1v) is 7.42. The molecular weight excluding hydrogens is 302 g/mol. The van der Waals surface area contributed by atoms with Gasteiger partial charge >= 0.3 is 0 Å². The number of benzene rings is 1. The van der Waals surface area contributed by atoms with Gasteiger partial charge in [-0.05, 0) is 36.4 Å². The van der Waals surface area contributed by atoms with E-state index in [1.165, 1.54) is 11.3 Å². The van der Waals surface area contributed by atoms with Crippen molar-refractivity contribution in [2.24, 2.45) is 0 Å². The lowest BCUT2D eigenvalue weighted by atomic mass is 10.2. The molecule has 0 bridgehead atoms. The predicted octanol–water partition coefficient (Wildman–Crippen LogP) is 2.77. The van der Waals surface area contributed by atoms with Crippen molar-refractivity contribution < 1.29 is 0 Å². The molecule has 0 amide bonds. The molecule has 1 aromatic carbocycles. The summed E-state index contributed by atoms with van der Waals surface area (Å²) in [5.41, 5.74) is 11.0. The third kappa shape index (κ3) is 2.74. The molecule has 118 valence electrons. The van der Waals surface area contributed by atoms with Gasteiger partial charge in [0.1, 0.15) is 5.82 Å². The molecule has 3 aromatic rings. The van der Waals surface area contributed by atoms with Crippen LogP contribution in [0.5, 0.6) is 0 Å². The Morgan fingerprint density at radius 2 is 1.88 bits per heavy atom. The van der Waals surface area contributed by atoms with E-state index in [1.807, 2.05) is 42.4 Å². The predicted molar refractivity (Wildman–Crippen MR) is 93.8 cm³/mol. The van der Waals surface area contributed by atoms with Gasteiger partial charge in [0.2, 0.25) is 5.95 Å². The second kappa shape index (κ2) is 5.62. The summed E-state index contributed by atoms with van der Waals surface area (Å²) in [6.45, 7) is 0. The van der Waals surface area contributed by atoms with Crippen LogP contribution in [0.1, 0.15) is 0 Å². The number of fused-ring (bicyclic) bond motifs is 2. The molecule has 2 aliphatic rings. The molecule has 0 unspecified atom stereocenters. The van der Waals surface area contributed by atoms with Gasteiger partial charge < -0.3 is 15.6 Å². The number of nitrogens with two attached hydrogens (primary N) is 1. The molecule has 1 aliphatic heterocycles. The van der Waals surface area contributed by atoms with Gasteiger partial charge in [-0.25, -0.2) is 9.97 Å². The molecule has 7 nitrogen and oxygen atoms in total. The Morgan fingerprint density at radius 3 is 2.54 bits per heavy atom. The fourth-order valence-electron chi connectivity index (χ4n) is 2.33. The Kier molecular flexibility index (Phi) is 3.31. The Morgan fingerprint density at radius 1 is 1.00 bits per heavy atom. The first kappa shape index (κ1) is 14.1. The minimum Gasteiger partial charge on any atom is -0.384 e. The van der Waals surface area contributed by atoms with Gasteiger partial charge in [-0.2, -0.15) is 4.98 Å². The third-order valence-corrected chi connectivity index (χ3v) is 3.73.